The van der Waals surface area contributed by atoms with Gasteiger partial charge < -0.3 is 0 Å². The summed E-state index contributed by atoms with van der Waals surface area (Å²) >= 11 is 0. The lowest BCUT2D eigenvalue weighted by Gasteiger charge is -2.10. The second-order valence-corrected chi connectivity index (χ2v) is 14.1. The van der Waals surface area contributed by atoms with Crippen molar-refractivity contribution in [2.75, 3.05) is 0 Å². The second kappa shape index (κ2) is 32.5. The lowest BCUT2D eigenvalue weighted by molar-refractivity contribution is -0.697. The van der Waals surface area contributed by atoms with Gasteiger partial charge in [0.2, 0.25) is 0 Å². The summed E-state index contributed by atoms with van der Waals surface area (Å²) in [6.45, 7) is 8.15. The van der Waals surface area contributed by atoms with Gasteiger partial charge in [-0.3, -0.25) is 0 Å². The number of nitrogens with zero attached hydrogens (tertiary/aromatic N) is 1. The number of hydrogen-bond acceptors (Lipinski definition) is 0. The molecule has 1 heterocycles. The van der Waals surface area contributed by atoms with Crippen LogP contribution in [0.25, 0.3) is 0 Å². The quantitative estimate of drug-likeness (QED) is 0.0549. The van der Waals surface area contributed by atoms with Crippen LogP contribution in [0.4, 0.5) is 0 Å². The third kappa shape index (κ3) is 26.1. The Balaban J connectivity index is 2.35. The lowest BCUT2D eigenvalue weighted by atomic mass is 9.97. The molecule has 0 radical (unpaired) electrons. The molecular formula is C42H80N+. The van der Waals surface area contributed by atoms with E-state index in [0.29, 0.717) is 0 Å². The summed E-state index contributed by atoms with van der Waals surface area (Å²) < 4.78 is 2.53. The van der Waals surface area contributed by atoms with Crippen molar-refractivity contribution < 1.29 is 4.57 Å². The van der Waals surface area contributed by atoms with E-state index in [1.54, 1.807) is 11.1 Å². The molecule has 0 amide bonds. The van der Waals surface area contributed by atoms with Gasteiger partial charge in [-0.2, -0.15) is 0 Å². The molecule has 0 fully saturated rings. The Morgan fingerprint density at radius 3 is 1.02 bits per heavy atom. The molecule has 1 aromatic heterocycles. The lowest BCUT2D eigenvalue weighted by Crippen LogP contribution is -2.34. The maximum Gasteiger partial charge on any atom is 0.172 e. The summed E-state index contributed by atoms with van der Waals surface area (Å²) in [5.74, 6) is 0. The molecule has 43 heavy (non-hydrogen) atoms. The van der Waals surface area contributed by atoms with E-state index in [0.717, 1.165) is 0 Å². The highest BCUT2D eigenvalue weighted by atomic mass is 14.9. The van der Waals surface area contributed by atoms with Crippen molar-refractivity contribution in [2.24, 2.45) is 0 Å². The zero-order valence-corrected chi connectivity index (χ0v) is 30.2. The standard InChI is InChI=1S/C42H80N/c1-4-7-10-13-16-19-21-23-26-29-32-35-41-37-39-43(38-34-31-28-25-18-15-12-9-6-3)40-42(41)36-33-30-27-24-22-20-17-14-11-8-5-2/h37,39-40H,4-36,38H2,1-3H3/q+1. The summed E-state index contributed by atoms with van der Waals surface area (Å²) in [4.78, 5) is 0. The van der Waals surface area contributed by atoms with Crippen molar-refractivity contribution in [1.82, 2.24) is 0 Å². The molecular weight excluding hydrogens is 518 g/mol. The van der Waals surface area contributed by atoms with Crippen LogP contribution in [0, 0.1) is 0 Å². The number of unbranched alkanes of at least 4 members (excludes halogenated alkanes) is 28. The van der Waals surface area contributed by atoms with Crippen LogP contribution in [0.3, 0.4) is 0 Å². The van der Waals surface area contributed by atoms with Crippen LogP contribution in [0.1, 0.15) is 231 Å². The fourth-order valence-electron chi connectivity index (χ4n) is 6.79. The number of rotatable bonds is 34. The Morgan fingerprint density at radius 2 is 0.651 bits per heavy atom. The molecule has 0 aliphatic rings. The Hall–Kier alpha value is -0.850. The summed E-state index contributed by atoms with van der Waals surface area (Å²) in [7, 11) is 0. The minimum atomic E-state index is 1.21. The molecule has 0 N–H and O–H groups in total. The van der Waals surface area contributed by atoms with Crippen molar-refractivity contribution in [2.45, 2.75) is 239 Å². The van der Waals surface area contributed by atoms with Crippen molar-refractivity contribution in [3.05, 3.63) is 29.6 Å². The molecule has 1 rings (SSSR count). The minimum absolute atomic E-state index is 1.21. The monoisotopic (exact) mass is 599 g/mol. The predicted molar refractivity (Wildman–Crippen MR) is 194 cm³/mol. The predicted octanol–water partition coefficient (Wildman–Crippen LogP) is 14.2. The topological polar surface area (TPSA) is 3.88 Å². The number of pyridine rings is 1. The van der Waals surface area contributed by atoms with Crippen LogP contribution in [-0.4, -0.2) is 0 Å². The average molecular weight is 599 g/mol. The van der Waals surface area contributed by atoms with Gasteiger partial charge >= 0.3 is 0 Å². The summed E-state index contributed by atoms with van der Waals surface area (Å²) in [5, 5.41) is 0. The maximum absolute atomic E-state index is 2.55. The fourth-order valence-corrected chi connectivity index (χ4v) is 6.79. The molecule has 0 saturated heterocycles. The van der Waals surface area contributed by atoms with Crippen molar-refractivity contribution in [3.63, 3.8) is 0 Å². The highest BCUT2D eigenvalue weighted by Gasteiger charge is 2.10. The zero-order valence-electron chi connectivity index (χ0n) is 30.2. The van der Waals surface area contributed by atoms with Gasteiger partial charge in [0.05, 0.1) is 0 Å². The van der Waals surface area contributed by atoms with Crippen LogP contribution in [0.2, 0.25) is 0 Å². The smallest absolute Gasteiger partial charge is 0.172 e. The first-order chi connectivity index (χ1) is 21.3. The van der Waals surface area contributed by atoms with Gasteiger partial charge in [0, 0.05) is 18.1 Å². The Kier molecular flexibility index (Phi) is 30.4. The third-order valence-electron chi connectivity index (χ3n) is 9.82. The molecule has 0 bridgehead atoms. The van der Waals surface area contributed by atoms with Crippen LogP contribution in [0.15, 0.2) is 18.5 Å². The number of hydrogen-bond donors (Lipinski definition) is 0. The Bertz CT molecular complexity index is 679. The average Bonchev–Trinajstić information content (AvgIpc) is 3.02. The van der Waals surface area contributed by atoms with E-state index >= 15 is 0 Å². The first-order valence-electron chi connectivity index (χ1n) is 20.3. The first-order valence-corrected chi connectivity index (χ1v) is 20.3. The summed E-state index contributed by atoms with van der Waals surface area (Å²) in [5.41, 5.74) is 3.33. The number of aryl methyl sites for hydroxylation is 3. The van der Waals surface area contributed by atoms with E-state index in [4.69, 9.17) is 0 Å². The van der Waals surface area contributed by atoms with E-state index in [1.165, 1.54) is 218 Å². The molecule has 1 aromatic rings. The van der Waals surface area contributed by atoms with Crippen molar-refractivity contribution in [1.29, 1.82) is 0 Å². The van der Waals surface area contributed by atoms with Gasteiger partial charge in [0.1, 0.15) is 6.54 Å². The molecule has 0 atom stereocenters. The van der Waals surface area contributed by atoms with Crippen LogP contribution >= 0.6 is 0 Å². The highest BCUT2D eigenvalue weighted by molar-refractivity contribution is 5.21. The molecule has 0 aromatic carbocycles. The number of aromatic nitrogens is 1. The highest BCUT2D eigenvalue weighted by Crippen LogP contribution is 2.18. The zero-order chi connectivity index (χ0) is 30.9. The van der Waals surface area contributed by atoms with E-state index in [-0.39, 0.29) is 0 Å². The van der Waals surface area contributed by atoms with Gasteiger partial charge in [0.15, 0.2) is 12.4 Å². The van der Waals surface area contributed by atoms with E-state index in [2.05, 4.69) is 43.8 Å². The van der Waals surface area contributed by atoms with Crippen molar-refractivity contribution >= 4 is 0 Å². The third-order valence-corrected chi connectivity index (χ3v) is 9.82. The largest absolute Gasteiger partial charge is 0.205 e. The Morgan fingerprint density at radius 1 is 0.349 bits per heavy atom. The van der Waals surface area contributed by atoms with Gasteiger partial charge in [0.25, 0.3) is 0 Å². The van der Waals surface area contributed by atoms with Gasteiger partial charge in [-0.25, -0.2) is 4.57 Å². The minimum Gasteiger partial charge on any atom is -0.205 e. The van der Waals surface area contributed by atoms with E-state index in [9.17, 15) is 0 Å². The Labute approximate surface area is 272 Å². The van der Waals surface area contributed by atoms with Crippen LogP contribution < -0.4 is 4.57 Å². The van der Waals surface area contributed by atoms with Crippen LogP contribution in [0.5, 0.6) is 0 Å². The SMILES string of the molecule is CCCCCCCCCCCCCc1cc[n+](CCCCCCCCCCC)cc1CCCCCCCCCCCCC. The van der Waals surface area contributed by atoms with E-state index in [1.807, 2.05) is 0 Å². The molecule has 252 valence electrons. The molecule has 1 heteroatoms. The van der Waals surface area contributed by atoms with Gasteiger partial charge in [-0.05, 0) is 37.7 Å². The fraction of sp³-hybridized carbons (Fsp3) is 0.881. The normalized spacial score (nSPS) is 11.5. The molecule has 0 unspecified atom stereocenters. The maximum atomic E-state index is 2.55. The first kappa shape index (κ1) is 40.2. The van der Waals surface area contributed by atoms with Crippen molar-refractivity contribution in [3.8, 4) is 0 Å². The summed E-state index contributed by atoms with van der Waals surface area (Å²) in [6.07, 6.45) is 51.8. The van der Waals surface area contributed by atoms with Gasteiger partial charge in [-0.15, -0.1) is 0 Å². The molecule has 0 aliphatic heterocycles. The molecule has 1 nitrogen and oxygen atoms in total. The van der Waals surface area contributed by atoms with Gasteiger partial charge in [-0.1, -0.05) is 194 Å². The molecule has 0 saturated carbocycles. The van der Waals surface area contributed by atoms with E-state index < -0.39 is 0 Å². The van der Waals surface area contributed by atoms with Crippen LogP contribution in [-0.2, 0) is 19.4 Å². The molecule has 0 spiro atoms. The molecule has 0 aliphatic carbocycles. The second-order valence-electron chi connectivity index (χ2n) is 14.1. The summed E-state index contributed by atoms with van der Waals surface area (Å²) in [6, 6.07) is 2.50.